The van der Waals surface area contributed by atoms with Gasteiger partial charge in [-0.05, 0) is 52.7 Å². The molecule has 3 nitrogen and oxygen atoms in total. The third-order valence-corrected chi connectivity index (χ3v) is 4.03. The summed E-state index contributed by atoms with van der Waals surface area (Å²) in [4.78, 5) is 4.37. The lowest BCUT2D eigenvalue weighted by molar-refractivity contribution is 0.00578. The van der Waals surface area contributed by atoms with Crippen molar-refractivity contribution in [2.24, 2.45) is 0 Å². The first-order valence-corrected chi connectivity index (χ1v) is 6.69. The lowest BCUT2D eigenvalue weighted by Crippen LogP contribution is -2.41. The van der Waals surface area contributed by atoms with E-state index < -0.39 is 0 Å². The van der Waals surface area contributed by atoms with Crippen LogP contribution in [0.15, 0.2) is 24.9 Å². The number of hydrogen-bond acceptors (Lipinski definition) is 3. The highest BCUT2D eigenvalue weighted by Gasteiger charge is 2.52. The first kappa shape index (κ1) is 14.3. The van der Waals surface area contributed by atoms with E-state index in [-0.39, 0.29) is 18.3 Å². The molecule has 0 bridgehead atoms. The second-order valence-corrected chi connectivity index (χ2v) is 6.11. The lowest BCUT2D eigenvalue weighted by Gasteiger charge is -2.32. The Morgan fingerprint density at radius 3 is 2.37 bits per heavy atom. The first-order valence-electron chi connectivity index (χ1n) is 6.69. The Labute approximate surface area is 116 Å². The summed E-state index contributed by atoms with van der Waals surface area (Å²) in [6.45, 7) is 14.0. The van der Waals surface area contributed by atoms with Gasteiger partial charge < -0.3 is 9.31 Å². The largest absolute Gasteiger partial charge is 0.496 e. The van der Waals surface area contributed by atoms with Gasteiger partial charge in [-0.15, -0.1) is 6.58 Å². The number of aryl methyl sites for hydroxylation is 1. The van der Waals surface area contributed by atoms with Gasteiger partial charge in [-0.1, -0.05) is 6.08 Å². The van der Waals surface area contributed by atoms with Gasteiger partial charge in [-0.2, -0.15) is 0 Å². The van der Waals surface area contributed by atoms with Crippen LogP contribution in [0.3, 0.4) is 0 Å². The Morgan fingerprint density at radius 2 is 1.84 bits per heavy atom. The topological polar surface area (TPSA) is 31.4 Å². The summed E-state index contributed by atoms with van der Waals surface area (Å²) in [5, 5.41) is 0. The predicted octanol–water partition coefficient (Wildman–Crippen LogP) is 2.42. The summed E-state index contributed by atoms with van der Waals surface area (Å²) < 4.78 is 12.2. The van der Waals surface area contributed by atoms with Crippen LogP contribution < -0.4 is 5.46 Å². The Bertz CT molecular complexity index is 481. The third-order valence-electron chi connectivity index (χ3n) is 4.03. The zero-order valence-electron chi connectivity index (χ0n) is 12.5. The summed E-state index contributed by atoms with van der Waals surface area (Å²) in [5.74, 6) is 0. The zero-order valence-corrected chi connectivity index (χ0v) is 12.5. The van der Waals surface area contributed by atoms with Crippen LogP contribution in [0.25, 0.3) is 0 Å². The van der Waals surface area contributed by atoms with Crippen LogP contribution >= 0.6 is 0 Å². The third kappa shape index (κ3) is 2.60. The van der Waals surface area contributed by atoms with Gasteiger partial charge in [0.15, 0.2) is 0 Å². The van der Waals surface area contributed by atoms with Gasteiger partial charge in [0.25, 0.3) is 0 Å². The molecular weight excluding hydrogens is 237 g/mol. The van der Waals surface area contributed by atoms with Crippen molar-refractivity contribution in [3.63, 3.8) is 0 Å². The number of rotatable bonds is 3. The molecule has 1 aromatic rings. The minimum absolute atomic E-state index is 0.325. The number of pyridine rings is 1. The summed E-state index contributed by atoms with van der Waals surface area (Å²) in [6.07, 6.45) is 4.54. The maximum atomic E-state index is 6.08. The number of hydrogen-bond donors (Lipinski definition) is 0. The smallest absolute Gasteiger partial charge is 0.399 e. The van der Waals surface area contributed by atoms with E-state index in [9.17, 15) is 0 Å². The van der Waals surface area contributed by atoms with Crippen molar-refractivity contribution in [2.45, 2.75) is 52.2 Å². The van der Waals surface area contributed by atoms with E-state index in [2.05, 4.69) is 45.3 Å². The van der Waals surface area contributed by atoms with Crippen molar-refractivity contribution in [2.75, 3.05) is 0 Å². The van der Waals surface area contributed by atoms with Crippen molar-refractivity contribution in [3.8, 4) is 0 Å². The molecule has 1 fully saturated rings. The predicted molar refractivity (Wildman–Crippen MR) is 78.6 cm³/mol. The van der Waals surface area contributed by atoms with E-state index in [0.717, 1.165) is 17.6 Å². The average Bonchev–Trinajstić information content (AvgIpc) is 2.48. The number of nitrogens with zero attached hydrogens (tertiary/aromatic N) is 1. The fourth-order valence-electron chi connectivity index (χ4n) is 2.14. The summed E-state index contributed by atoms with van der Waals surface area (Å²) in [5.41, 5.74) is 2.52. The maximum Gasteiger partial charge on any atom is 0.496 e. The second kappa shape index (κ2) is 4.76. The first-order chi connectivity index (χ1) is 8.77. The van der Waals surface area contributed by atoms with Gasteiger partial charge >= 0.3 is 7.12 Å². The summed E-state index contributed by atoms with van der Waals surface area (Å²) >= 11 is 0. The Balaban J connectivity index is 2.36. The molecule has 0 aromatic carbocycles. The molecule has 2 heterocycles. The van der Waals surface area contributed by atoms with Gasteiger partial charge in [-0.25, -0.2) is 0 Å². The van der Waals surface area contributed by atoms with E-state index in [0.29, 0.717) is 0 Å². The molecule has 0 radical (unpaired) electrons. The minimum atomic E-state index is -0.354. The van der Waals surface area contributed by atoms with Gasteiger partial charge in [-0.3, -0.25) is 4.98 Å². The van der Waals surface area contributed by atoms with Crippen LogP contribution in [0.5, 0.6) is 0 Å². The highest BCUT2D eigenvalue weighted by Crippen LogP contribution is 2.36. The Kier molecular flexibility index (Phi) is 3.58. The van der Waals surface area contributed by atoms with Crippen LogP contribution in [-0.2, 0) is 15.7 Å². The molecule has 0 spiro atoms. The van der Waals surface area contributed by atoms with E-state index in [1.54, 1.807) is 0 Å². The van der Waals surface area contributed by atoms with Crippen LogP contribution in [0.4, 0.5) is 0 Å². The van der Waals surface area contributed by atoms with Crippen LogP contribution in [0.2, 0.25) is 0 Å². The van der Waals surface area contributed by atoms with Gasteiger partial charge in [0.05, 0.1) is 11.2 Å². The molecule has 1 aliphatic heterocycles. The Morgan fingerprint density at radius 1 is 1.26 bits per heavy atom. The van der Waals surface area contributed by atoms with Crippen molar-refractivity contribution in [1.82, 2.24) is 4.98 Å². The van der Waals surface area contributed by atoms with Crippen molar-refractivity contribution < 1.29 is 9.31 Å². The molecule has 0 atom stereocenters. The maximum absolute atomic E-state index is 6.08. The van der Waals surface area contributed by atoms with Crippen LogP contribution in [0, 0.1) is 6.92 Å². The standard InChI is InChI=1S/C15H22BNO2/c1-7-8-12-9-11(2)17-10-13(12)16-18-14(3,4)15(5,6)19-16/h7,9-10H,1,8H2,2-6H3. The molecule has 0 N–H and O–H groups in total. The van der Waals surface area contributed by atoms with E-state index in [4.69, 9.17) is 9.31 Å². The molecule has 0 unspecified atom stereocenters. The minimum Gasteiger partial charge on any atom is -0.399 e. The second-order valence-electron chi connectivity index (χ2n) is 6.11. The highest BCUT2D eigenvalue weighted by atomic mass is 16.7. The summed E-state index contributed by atoms with van der Waals surface area (Å²) in [7, 11) is -0.354. The van der Waals surface area contributed by atoms with Crippen molar-refractivity contribution in [1.29, 1.82) is 0 Å². The number of aromatic nitrogens is 1. The molecule has 0 saturated carbocycles. The molecular formula is C15H22BNO2. The zero-order chi connectivity index (χ0) is 14.3. The van der Waals surface area contributed by atoms with E-state index in [1.807, 2.05) is 19.2 Å². The lowest BCUT2D eigenvalue weighted by atomic mass is 9.76. The fraction of sp³-hybridized carbons (Fsp3) is 0.533. The molecule has 0 aliphatic carbocycles. The quantitative estimate of drug-likeness (QED) is 0.617. The molecule has 0 amide bonds. The SMILES string of the molecule is C=CCc1cc(C)ncc1B1OC(C)(C)C(C)(C)O1. The van der Waals surface area contributed by atoms with Gasteiger partial charge in [0, 0.05) is 17.4 Å². The molecule has 19 heavy (non-hydrogen) atoms. The molecule has 2 rings (SSSR count). The molecule has 1 aliphatic rings. The van der Waals surface area contributed by atoms with E-state index >= 15 is 0 Å². The van der Waals surface area contributed by atoms with Crippen LogP contribution in [-0.4, -0.2) is 23.3 Å². The normalized spacial score (nSPS) is 20.6. The van der Waals surface area contributed by atoms with Crippen LogP contribution in [0.1, 0.15) is 39.0 Å². The van der Waals surface area contributed by atoms with E-state index in [1.165, 1.54) is 5.56 Å². The monoisotopic (exact) mass is 259 g/mol. The Hall–Kier alpha value is -1.13. The van der Waals surface area contributed by atoms with Gasteiger partial charge in [0.2, 0.25) is 0 Å². The fourth-order valence-corrected chi connectivity index (χ4v) is 2.14. The molecule has 1 saturated heterocycles. The van der Waals surface area contributed by atoms with Crippen molar-refractivity contribution >= 4 is 12.6 Å². The summed E-state index contributed by atoms with van der Waals surface area (Å²) in [6, 6.07) is 2.07. The van der Waals surface area contributed by atoms with Crippen molar-refractivity contribution in [3.05, 3.63) is 36.2 Å². The number of allylic oxidation sites excluding steroid dienone is 1. The average molecular weight is 259 g/mol. The molecule has 102 valence electrons. The van der Waals surface area contributed by atoms with Gasteiger partial charge in [0.1, 0.15) is 0 Å². The molecule has 4 heteroatoms. The highest BCUT2D eigenvalue weighted by molar-refractivity contribution is 6.62. The molecule has 1 aromatic heterocycles.